The van der Waals surface area contributed by atoms with E-state index in [1.54, 1.807) is 6.29 Å². The van der Waals surface area contributed by atoms with Gasteiger partial charge in [0.05, 0.1) is 6.10 Å². The first kappa shape index (κ1) is 30.0. The van der Waals surface area contributed by atoms with Crippen LogP contribution >= 0.6 is 0 Å². The van der Waals surface area contributed by atoms with Gasteiger partial charge in [-0.05, 0) is 44.9 Å². The number of rotatable bonds is 24. The smallest absolute Gasteiger partial charge is 0.201 e. The number of aliphatic hydroxyl groups excluding tert-OH is 1. The van der Waals surface area contributed by atoms with Crippen molar-refractivity contribution in [1.29, 1.82) is 0 Å². The SMILES string of the molecule is CCCCCCC=CCCCCCC(=O)C(CCCCCCCCC)CC(O)C[C]=O. The lowest BCUT2D eigenvalue weighted by Gasteiger charge is -2.18. The van der Waals surface area contributed by atoms with Crippen molar-refractivity contribution in [2.45, 2.75) is 148 Å². The molecule has 31 heavy (non-hydrogen) atoms. The van der Waals surface area contributed by atoms with Crippen molar-refractivity contribution in [3.8, 4) is 0 Å². The minimum Gasteiger partial charge on any atom is -0.393 e. The zero-order valence-electron chi connectivity index (χ0n) is 20.7. The van der Waals surface area contributed by atoms with Crippen molar-refractivity contribution in [2.24, 2.45) is 5.92 Å². The van der Waals surface area contributed by atoms with Crippen molar-refractivity contribution >= 4 is 12.1 Å². The van der Waals surface area contributed by atoms with E-state index in [0.29, 0.717) is 12.8 Å². The van der Waals surface area contributed by atoms with Gasteiger partial charge < -0.3 is 5.11 Å². The highest BCUT2D eigenvalue weighted by Gasteiger charge is 2.21. The molecule has 0 heterocycles. The van der Waals surface area contributed by atoms with Crippen molar-refractivity contribution in [1.82, 2.24) is 0 Å². The summed E-state index contributed by atoms with van der Waals surface area (Å²) < 4.78 is 0. The van der Waals surface area contributed by atoms with E-state index < -0.39 is 6.10 Å². The van der Waals surface area contributed by atoms with Gasteiger partial charge in [0.1, 0.15) is 5.78 Å². The largest absolute Gasteiger partial charge is 0.393 e. The second-order valence-corrected chi connectivity index (χ2v) is 9.23. The Hall–Kier alpha value is -0.960. The van der Waals surface area contributed by atoms with Crippen LogP contribution in [0, 0.1) is 5.92 Å². The molecule has 181 valence electrons. The summed E-state index contributed by atoms with van der Waals surface area (Å²) in [7, 11) is 0. The molecule has 0 aliphatic rings. The molecule has 3 heteroatoms. The normalized spacial score (nSPS) is 13.5. The van der Waals surface area contributed by atoms with Crippen LogP contribution in [-0.2, 0) is 9.59 Å². The van der Waals surface area contributed by atoms with E-state index >= 15 is 0 Å². The molecular weight excluding hydrogens is 384 g/mol. The molecule has 1 N–H and O–H groups in total. The minimum absolute atomic E-state index is 0.0194. The molecule has 0 aliphatic carbocycles. The highest BCUT2D eigenvalue weighted by Crippen LogP contribution is 2.22. The van der Waals surface area contributed by atoms with E-state index in [0.717, 1.165) is 44.9 Å². The zero-order chi connectivity index (χ0) is 23.0. The number of unbranched alkanes of at least 4 members (excludes halogenated alkanes) is 13. The van der Waals surface area contributed by atoms with E-state index in [2.05, 4.69) is 26.0 Å². The van der Waals surface area contributed by atoms with Crippen molar-refractivity contribution < 1.29 is 14.7 Å². The predicted molar refractivity (Wildman–Crippen MR) is 133 cm³/mol. The number of carbonyl (C=O) groups is 1. The summed E-state index contributed by atoms with van der Waals surface area (Å²) in [5, 5.41) is 10.0. The van der Waals surface area contributed by atoms with Crippen LogP contribution in [0.1, 0.15) is 142 Å². The Labute approximate surface area is 193 Å². The number of ketones is 1. The number of hydrogen-bond acceptors (Lipinski definition) is 3. The van der Waals surface area contributed by atoms with Crippen LogP contribution in [-0.4, -0.2) is 23.3 Å². The van der Waals surface area contributed by atoms with Gasteiger partial charge in [-0.1, -0.05) is 96.6 Å². The number of allylic oxidation sites excluding steroid dienone is 2. The number of hydrogen-bond donors (Lipinski definition) is 1. The quantitative estimate of drug-likeness (QED) is 0.123. The fourth-order valence-electron chi connectivity index (χ4n) is 4.13. The molecule has 0 fully saturated rings. The summed E-state index contributed by atoms with van der Waals surface area (Å²) >= 11 is 0. The molecule has 2 unspecified atom stereocenters. The van der Waals surface area contributed by atoms with Crippen molar-refractivity contribution in [3.63, 3.8) is 0 Å². The van der Waals surface area contributed by atoms with Crippen LogP contribution < -0.4 is 0 Å². The number of Topliss-reactive ketones (excluding diaryl/α,β-unsaturated/α-hetero) is 1. The zero-order valence-corrected chi connectivity index (χ0v) is 20.7. The Morgan fingerprint density at radius 3 is 1.87 bits per heavy atom. The Bertz CT molecular complexity index is 430. The molecule has 0 bridgehead atoms. The Kier molecular flexibility index (Phi) is 23.0. The van der Waals surface area contributed by atoms with Gasteiger partial charge in [-0.3, -0.25) is 9.59 Å². The molecule has 0 saturated heterocycles. The maximum Gasteiger partial charge on any atom is 0.201 e. The third kappa shape index (κ3) is 20.7. The first-order valence-electron chi connectivity index (χ1n) is 13.4. The summed E-state index contributed by atoms with van der Waals surface area (Å²) in [5.41, 5.74) is 0. The summed E-state index contributed by atoms with van der Waals surface area (Å²) in [6.07, 6.45) is 26.9. The van der Waals surface area contributed by atoms with Crippen LogP contribution in [0.5, 0.6) is 0 Å². The molecule has 0 saturated carbocycles. The van der Waals surface area contributed by atoms with Gasteiger partial charge in [-0.15, -0.1) is 0 Å². The van der Waals surface area contributed by atoms with Gasteiger partial charge in [0.15, 0.2) is 0 Å². The second-order valence-electron chi connectivity index (χ2n) is 9.23. The van der Waals surface area contributed by atoms with Gasteiger partial charge in [-0.2, -0.15) is 0 Å². The lowest BCUT2D eigenvalue weighted by atomic mass is 9.88. The molecule has 0 rings (SSSR count). The van der Waals surface area contributed by atoms with Gasteiger partial charge in [0, 0.05) is 18.8 Å². The fourth-order valence-corrected chi connectivity index (χ4v) is 4.13. The Morgan fingerprint density at radius 2 is 1.29 bits per heavy atom. The molecule has 1 radical (unpaired) electrons. The lowest BCUT2D eigenvalue weighted by Crippen LogP contribution is -2.21. The predicted octanol–water partition coefficient (Wildman–Crippen LogP) is 8.04. The summed E-state index contributed by atoms with van der Waals surface area (Å²) in [4.78, 5) is 23.3. The second kappa shape index (κ2) is 23.7. The van der Waals surface area contributed by atoms with Crippen LogP contribution in [0.25, 0.3) is 0 Å². The van der Waals surface area contributed by atoms with Gasteiger partial charge >= 0.3 is 0 Å². The molecule has 0 aromatic rings. The van der Waals surface area contributed by atoms with Crippen LogP contribution in [0.2, 0.25) is 0 Å². The lowest BCUT2D eigenvalue weighted by molar-refractivity contribution is -0.124. The molecular formula is C28H51O3. The fraction of sp³-hybridized carbons (Fsp3) is 0.857. The molecule has 0 amide bonds. The summed E-state index contributed by atoms with van der Waals surface area (Å²) in [5.74, 6) is 0.185. The Balaban J connectivity index is 4.03. The Morgan fingerprint density at radius 1 is 0.774 bits per heavy atom. The number of carbonyl (C=O) groups excluding carboxylic acids is 2. The van der Waals surface area contributed by atoms with Gasteiger partial charge in [0.2, 0.25) is 6.29 Å². The van der Waals surface area contributed by atoms with Gasteiger partial charge in [-0.25, -0.2) is 0 Å². The summed E-state index contributed by atoms with van der Waals surface area (Å²) in [6.45, 7) is 4.47. The topological polar surface area (TPSA) is 54.4 Å². The minimum atomic E-state index is -0.724. The molecule has 0 aliphatic heterocycles. The third-order valence-electron chi connectivity index (χ3n) is 6.17. The highest BCUT2D eigenvalue weighted by atomic mass is 16.3. The average molecular weight is 436 g/mol. The van der Waals surface area contributed by atoms with E-state index in [4.69, 9.17) is 0 Å². The standard InChI is InChI=1S/C28H51O3/c1-3-5-7-9-11-12-13-14-16-18-20-22-28(31)26(25-27(30)23-24-29)21-19-17-15-10-8-6-4-2/h12-13,26-27,30H,3-11,14-23,25H2,1-2H3. The number of aliphatic hydroxyl groups is 1. The monoisotopic (exact) mass is 435 g/mol. The maximum atomic E-state index is 12.7. The summed E-state index contributed by atoms with van der Waals surface area (Å²) in [6, 6.07) is 0. The first-order valence-corrected chi connectivity index (χ1v) is 13.4. The van der Waals surface area contributed by atoms with E-state index in [1.165, 1.54) is 64.2 Å². The highest BCUT2D eigenvalue weighted by molar-refractivity contribution is 5.81. The third-order valence-corrected chi connectivity index (χ3v) is 6.17. The van der Waals surface area contributed by atoms with Crippen LogP contribution in [0.15, 0.2) is 12.2 Å². The maximum absolute atomic E-state index is 12.7. The average Bonchev–Trinajstić information content (AvgIpc) is 2.76. The van der Waals surface area contributed by atoms with Crippen molar-refractivity contribution in [2.75, 3.05) is 0 Å². The molecule has 0 spiro atoms. The first-order chi connectivity index (χ1) is 15.2. The van der Waals surface area contributed by atoms with E-state index in [1.807, 2.05) is 0 Å². The molecule has 2 atom stereocenters. The van der Waals surface area contributed by atoms with Crippen molar-refractivity contribution in [3.05, 3.63) is 12.2 Å². The van der Waals surface area contributed by atoms with E-state index in [-0.39, 0.29) is 18.1 Å². The van der Waals surface area contributed by atoms with Crippen LogP contribution in [0.3, 0.4) is 0 Å². The molecule has 0 aromatic carbocycles. The van der Waals surface area contributed by atoms with Crippen LogP contribution in [0.4, 0.5) is 0 Å². The van der Waals surface area contributed by atoms with Gasteiger partial charge in [0.25, 0.3) is 0 Å². The molecule has 3 nitrogen and oxygen atoms in total. The van der Waals surface area contributed by atoms with E-state index in [9.17, 15) is 14.7 Å². The molecule has 0 aromatic heterocycles.